The predicted octanol–water partition coefficient (Wildman–Crippen LogP) is 0.750. The Hall–Kier alpha value is -0.160. The van der Waals surface area contributed by atoms with E-state index >= 15 is 0 Å². The van der Waals surface area contributed by atoms with Crippen LogP contribution in [0.3, 0.4) is 0 Å². The lowest BCUT2D eigenvalue weighted by Gasteiger charge is -2.35. The molecule has 1 unspecified atom stereocenters. The van der Waals surface area contributed by atoms with Gasteiger partial charge in [0.1, 0.15) is 0 Å². The molecule has 0 saturated carbocycles. The standard InChI is InChI=1S/C15H31N3O/c1-13-2-6-17(7-3-13)11-15(19)12-18-8-4-14(10-16)5-9-18/h13-15,19H,2-12,16H2,1H3. The maximum Gasteiger partial charge on any atom is 0.0793 e. The van der Waals surface area contributed by atoms with Crippen LogP contribution in [-0.2, 0) is 0 Å². The zero-order valence-electron chi connectivity index (χ0n) is 12.4. The molecular formula is C15H31N3O. The highest BCUT2D eigenvalue weighted by atomic mass is 16.3. The number of rotatable bonds is 5. The molecule has 0 aromatic heterocycles. The first kappa shape index (κ1) is 15.2. The zero-order valence-corrected chi connectivity index (χ0v) is 12.4. The van der Waals surface area contributed by atoms with E-state index in [1.807, 2.05) is 0 Å². The largest absolute Gasteiger partial charge is 0.390 e. The lowest BCUT2D eigenvalue weighted by Crippen LogP contribution is -2.45. The van der Waals surface area contributed by atoms with E-state index in [4.69, 9.17) is 5.73 Å². The van der Waals surface area contributed by atoms with E-state index in [1.54, 1.807) is 0 Å². The number of nitrogens with two attached hydrogens (primary N) is 1. The summed E-state index contributed by atoms with van der Waals surface area (Å²) in [5.74, 6) is 1.57. The molecule has 2 aliphatic rings. The Morgan fingerprint density at radius 2 is 1.47 bits per heavy atom. The minimum absolute atomic E-state index is 0.192. The molecule has 4 heteroatoms. The monoisotopic (exact) mass is 269 g/mol. The average molecular weight is 269 g/mol. The van der Waals surface area contributed by atoms with Gasteiger partial charge in [-0.2, -0.15) is 0 Å². The minimum atomic E-state index is -0.192. The van der Waals surface area contributed by atoms with Crippen LogP contribution < -0.4 is 5.73 Å². The van der Waals surface area contributed by atoms with E-state index in [2.05, 4.69) is 16.7 Å². The summed E-state index contributed by atoms with van der Waals surface area (Å²) in [5, 5.41) is 10.2. The topological polar surface area (TPSA) is 52.7 Å². The van der Waals surface area contributed by atoms with E-state index in [-0.39, 0.29) is 6.10 Å². The molecule has 2 heterocycles. The molecule has 2 fully saturated rings. The molecule has 0 aliphatic carbocycles. The van der Waals surface area contributed by atoms with Gasteiger partial charge in [0, 0.05) is 13.1 Å². The van der Waals surface area contributed by atoms with E-state index in [0.717, 1.165) is 51.7 Å². The van der Waals surface area contributed by atoms with E-state index in [9.17, 15) is 5.11 Å². The molecule has 112 valence electrons. The summed E-state index contributed by atoms with van der Waals surface area (Å²) in [5.41, 5.74) is 5.71. The summed E-state index contributed by atoms with van der Waals surface area (Å²) < 4.78 is 0. The predicted molar refractivity (Wildman–Crippen MR) is 79.1 cm³/mol. The highest BCUT2D eigenvalue weighted by molar-refractivity contribution is 4.77. The van der Waals surface area contributed by atoms with Crippen LogP contribution in [0.5, 0.6) is 0 Å². The molecule has 19 heavy (non-hydrogen) atoms. The second kappa shape index (κ2) is 7.58. The van der Waals surface area contributed by atoms with Crippen LogP contribution in [0, 0.1) is 11.8 Å². The number of likely N-dealkylation sites (tertiary alicyclic amines) is 2. The number of aliphatic hydroxyl groups excluding tert-OH is 1. The van der Waals surface area contributed by atoms with Crippen molar-refractivity contribution in [1.29, 1.82) is 0 Å². The van der Waals surface area contributed by atoms with Crippen LogP contribution in [0.2, 0.25) is 0 Å². The molecular weight excluding hydrogens is 238 g/mol. The van der Waals surface area contributed by atoms with Crippen LogP contribution in [0.1, 0.15) is 32.6 Å². The molecule has 2 aliphatic heterocycles. The molecule has 1 atom stereocenters. The first-order valence-corrected chi connectivity index (χ1v) is 8.00. The van der Waals surface area contributed by atoms with Crippen molar-refractivity contribution in [2.24, 2.45) is 17.6 Å². The van der Waals surface area contributed by atoms with Gasteiger partial charge in [-0.3, -0.25) is 0 Å². The van der Waals surface area contributed by atoms with Gasteiger partial charge in [0.2, 0.25) is 0 Å². The number of hydrogen-bond donors (Lipinski definition) is 2. The summed E-state index contributed by atoms with van der Waals surface area (Å²) in [4.78, 5) is 4.83. The molecule has 2 saturated heterocycles. The van der Waals surface area contributed by atoms with Crippen molar-refractivity contribution in [1.82, 2.24) is 9.80 Å². The van der Waals surface area contributed by atoms with Gasteiger partial charge in [0.25, 0.3) is 0 Å². The van der Waals surface area contributed by atoms with Crippen molar-refractivity contribution in [3.8, 4) is 0 Å². The van der Waals surface area contributed by atoms with Crippen molar-refractivity contribution in [3.63, 3.8) is 0 Å². The van der Waals surface area contributed by atoms with E-state index in [1.165, 1.54) is 25.7 Å². The highest BCUT2D eigenvalue weighted by Crippen LogP contribution is 2.18. The Labute approximate surface area is 117 Å². The fourth-order valence-electron chi connectivity index (χ4n) is 3.30. The summed E-state index contributed by atoms with van der Waals surface area (Å²) in [6.07, 6.45) is 4.78. The molecule has 0 spiro atoms. The highest BCUT2D eigenvalue weighted by Gasteiger charge is 2.22. The molecule has 4 nitrogen and oxygen atoms in total. The first-order chi connectivity index (χ1) is 9.17. The second-order valence-electron chi connectivity index (χ2n) is 6.62. The van der Waals surface area contributed by atoms with Crippen molar-refractivity contribution >= 4 is 0 Å². The summed E-state index contributed by atoms with van der Waals surface area (Å²) in [6, 6.07) is 0. The fraction of sp³-hybridized carbons (Fsp3) is 1.00. The van der Waals surface area contributed by atoms with Crippen LogP contribution in [-0.4, -0.2) is 66.8 Å². The summed E-state index contributed by atoms with van der Waals surface area (Å²) >= 11 is 0. The van der Waals surface area contributed by atoms with Crippen LogP contribution in [0.15, 0.2) is 0 Å². The third kappa shape index (κ3) is 5.03. The molecule has 0 radical (unpaired) electrons. The van der Waals surface area contributed by atoms with E-state index < -0.39 is 0 Å². The Bertz CT molecular complexity index is 246. The average Bonchev–Trinajstić information content (AvgIpc) is 2.42. The number of β-amino-alcohol motifs (C(OH)–C–C–N with tert-alkyl or cyclic N) is 1. The molecule has 2 rings (SSSR count). The molecule has 3 N–H and O–H groups in total. The Balaban J connectivity index is 1.63. The zero-order chi connectivity index (χ0) is 13.7. The van der Waals surface area contributed by atoms with Crippen molar-refractivity contribution in [2.45, 2.75) is 38.7 Å². The van der Waals surface area contributed by atoms with Crippen LogP contribution in [0.4, 0.5) is 0 Å². The van der Waals surface area contributed by atoms with Crippen molar-refractivity contribution < 1.29 is 5.11 Å². The molecule has 0 aromatic rings. The smallest absolute Gasteiger partial charge is 0.0793 e. The maximum atomic E-state index is 10.2. The Morgan fingerprint density at radius 3 is 1.95 bits per heavy atom. The summed E-state index contributed by atoms with van der Waals surface area (Å²) in [6.45, 7) is 9.37. The van der Waals surface area contributed by atoms with Gasteiger partial charge in [-0.15, -0.1) is 0 Å². The second-order valence-corrected chi connectivity index (χ2v) is 6.62. The van der Waals surface area contributed by atoms with Crippen LogP contribution in [0.25, 0.3) is 0 Å². The SMILES string of the molecule is CC1CCN(CC(O)CN2CCC(CN)CC2)CC1. The lowest BCUT2D eigenvalue weighted by molar-refractivity contribution is 0.0509. The number of hydrogen-bond acceptors (Lipinski definition) is 4. The maximum absolute atomic E-state index is 10.2. The van der Waals surface area contributed by atoms with Crippen LogP contribution >= 0.6 is 0 Å². The lowest BCUT2D eigenvalue weighted by atomic mass is 9.97. The quantitative estimate of drug-likeness (QED) is 0.773. The normalized spacial score (nSPS) is 26.7. The summed E-state index contributed by atoms with van der Waals surface area (Å²) in [7, 11) is 0. The van der Waals surface area contributed by atoms with Crippen molar-refractivity contribution in [2.75, 3.05) is 45.8 Å². The minimum Gasteiger partial charge on any atom is -0.390 e. The van der Waals surface area contributed by atoms with Gasteiger partial charge in [-0.25, -0.2) is 0 Å². The Kier molecular flexibility index (Phi) is 6.07. The number of nitrogens with zero attached hydrogens (tertiary/aromatic N) is 2. The van der Waals surface area contributed by atoms with Gasteiger partial charge >= 0.3 is 0 Å². The number of piperidine rings is 2. The Morgan fingerprint density at radius 1 is 1.00 bits per heavy atom. The van der Waals surface area contributed by atoms with Gasteiger partial charge in [-0.1, -0.05) is 6.92 Å². The molecule has 0 bridgehead atoms. The van der Waals surface area contributed by atoms with E-state index in [0.29, 0.717) is 5.92 Å². The first-order valence-electron chi connectivity index (χ1n) is 8.00. The number of aliphatic hydroxyl groups is 1. The van der Waals surface area contributed by atoms with Gasteiger partial charge in [-0.05, 0) is 70.2 Å². The molecule has 0 amide bonds. The van der Waals surface area contributed by atoms with Gasteiger partial charge in [0.05, 0.1) is 6.10 Å². The van der Waals surface area contributed by atoms with Crippen molar-refractivity contribution in [3.05, 3.63) is 0 Å². The van der Waals surface area contributed by atoms with Gasteiger partial charge < -0.3 is 20.6 Å². The third-order valence-electron chi connectivity index (χ3n) is 4.85. The fourth-order valence-corrected chi connectivity index (χ4v) is 3.30. The third-order valence-corrected chi connectivity index (χ3v) is 4.85. The molecule has 0 aromatic carbocycles. The van der Waals surface area contributed by atoms with Gasteiger partial charge in [0.15, 0.2) is 0 Å².